The topological polar surface area (TPSA) is 107 Å². The monoisotopic (exact) mass is 414 g/mol. The SMILES string of the molecule is O=C(N[C@H]1CC[C@H](C(=O)Nc2ccc3[nH]ncc3c2)C1)C(O)c1ccc(F)cc1F. The molecule has 1 fully saturated rings. The Bertz CT molecular complexity index is 1100. The maximum Gasteiger partial charge on any atom is 0.253 e. The Morgan fingerprint density at radius 3 is 2.80 bits per heavy atom. The Morgan fingerprint density at radius 1 is 1.17 bits per heavy atom. The van der Waals surface area contributed by atoms with Gasteiger partial charge in [-0.1, -0.05) is 6.07 Å². The Morgan fingerprint density at radius 2 is 2.00 bits per heavy atom. The van der Waals surface area contributed by atoms with Gasteiger partial charge < -0.3 is 15.7 Å². The third kappa shape index (κ3) is 4.16. The molecule has 1 heterocycles. The number of nitrogens with zero attached hydrogens (tertiary/aromatic N) is 1. The molecule has 2 aromatic carbocycles. The van der Waals surface area contributed by atoms with Crippen molar-refractivity contribution in [2.75, 3.05) is 5.32 Å². The van der Waals surface area contributed by atoms with Crippen molar-refractivity contribution >= 4 is 28.4 Å². The van der Waals surface area contributed by atoms with Gasteiger partial charge in [0.05, 0.1) is 11.7 Å². The summed E-state index contributed by atoms with van der Waals surface area (Å²) in [5, 5.41) is 23.3. The van der Waals surface area contributed by atoms with Crippen molar-refractivity contribution in [2.24, 2.45) is 5.92 Å². The van der Waals surface area contributed by atoms with E-state index in [9.17, 15) is 23.5 Å². The van der Waals surface area contributed by atoms with Gasteiger partial charge in [0.2, 0.25) is 5.91 Å². The van der Waals surface area contributed by atoms with Crippen LogP contribution in [0.1, 0.15) is 30.9 Å². The second-order valence-electron chi connectivity index (χ2n) is 7.45. The van der Waals surface area contributed by atoms with Crippen LogP contribution in [-0.2, 0) is 9.59 Å². The number of amides is 2. The van der Waals surface area contributed by atoms with Crippen LogP contribution in [-0.4, -0.2) is 33.2 Å². The maximum atomic E-state index is 13.8. The van der Waals surface area contributed by atoms with Gasteiger partial charge in [-0.15, -0.1) is 0 Å². The number of hydrogen-bond acceptors (Lipinski definition) is 4. The maximum absolute atomic E-state index is 13.8. The number of aliphatic hydroxyl groups is 1. The first kappa shape index (κ1) is 20.0. The van der Waals surface area contributed by atoms with E-state index >= 15 is 0 Å². The average Bonchev–Trinajstić information content (AvgIpc) is 3.36. The Kier molecular flexibility index (Phi) is 5.45. The summed E-state index contributed by atoms with van der Waals surface area (Å²) in [6.45, 7) is 0. The van der Waals surface area contributed by atoms with Crippen LogP contribution in [0, 0.1) is 17.6 Å². The van der Waals surface area contributed by atoms with Crippen molar-refractivity contribution in [3.8, 4) is 0 Å². The number of H-pyrrole nitrogens is 1. The number of nitrogens with one attached hydrogen (secondary N) is 3. The second kappa shape index (κ2) is 8.19. The zero-order chi connectivity index (χ0) is 21.3. The number of rotatable bonds is 5. The summed E-state index contributed by atoms with van der Waals surface area (Å²) in [4.78, 5) is 24.8. The molecule has 0 bridgehead atoms. The van der Waals surface area contributed by atoms with E-state index in [0.717, 1.165) is 23.0 Å². The molecule has 3 aromatic rings. The number of aliphatic hydroxyl groups excluding tert-OH is 1. The molecule has 1 aliphatic rings. The normalized spacial score (nSPS) is 19.6. The highest BCUT2D eigenvalue weighted by Gasteiger charge is 2.32. The van der Waals surface area contributed by atoms with Gasteiger partial charge in [0, 0.05) is 34.7 Å². The van der Waals surface area contributed by atoms with E-state index in [1.165, 1.54) is 0 Å². The summed E-state index contributed by atoms with van der Waals surface area (Å²) in [6.07, 6.45) is 1.46. The number of carbonyl (C=O) groups excluding carboxylic acids is 2. The second-order valence-corrected chi connectivity index (χ2v) is 7.45. The first-order chi connectivity index (χ1) is 14.4. The van der Waals surface area contributed by atoms with E-state index < -0.39 is 23.6 Å². The van der Waals surface area contributed by atoms with Gasteiger partial charge in [0.1, 0.15) is 11.6 Å². The van der Waals surface area contributed by atoms with E-state index in [4.69, 9.17) is 0 Å². The summed E-state index contributed by atoms with van der Waals surface area (Å²) in [5.74, 6) is -3.01. The summed E-state index contributed by atoms with van der Waals surface area (Å²) < 4.78 is 26.8. The van der Waals surface area contributed by atoms with E-state index in [1.807, 2.05) is 12.1 Å². The van der Waals surface area contributed by atoms with Gasteiger partial charge in [-0.25, -0.2) is 8.78 Å². The highest BCUT2D eigenvalue weighted by atomic mass is 19.1. The highest BCUT2D eigenvalue weighted by molar-refractivity contribution is 5.95. The fourth-order valence-corrected chi connectivity index (χ4v) is 3.76. The molecule has 4 N–H and O–H groups in total. The number of anilines is 1. The van der Waals surface area contributed by atoms with Gasteiger partial charge >= 0.3 is 0 Å². The Hall–Kier alpha value is -3.33. The van der Waals surface area contributed by atoms with Crippen molar-refractivity contribution in [2.45, 2.75) is 31.4 Å². The molecule has 4 rings (SSSR count). The predicted octanol–water partition coefficient (Wildman–Crippen LogP) is 2.80. The lowest BCUT2D eigenvalue weighted by atomic mass is 10.1. The number of carbonyl (C=O) groups is 2. The average molecular weight is 414 g/mol. The quantitative estimate of drug-likeness (QED) is 0.515. The molecule has 7 nitrogen and oxygen atoms in total. The van der Waals surface area contributed by atoms with Crippen molar-refractivity contribution in [1.29, 1.82) is 0 Å². The molecule has 0 spiro atoms. The molecule has 1 aromatic heterocycles. The van der Waals surface area contributed by atoms with Crippen LogP contribution in [0.25, 0.3) is 10.9 Å². The first-order valence-corrected chi connectivity index (χ1v) is 9.58. The third-order valence-corrected chi connectivity index (χ3v) is 5.36. The Balaban J connectivity index is 1.33. The summed E-state index contributed by atoms with van der Waals surface area (Å²) in [6, 6.07) is 7.73. The highest BCUT2D eigenvalue weighted by Crippen LogP contribution is 2.28. The predicted molar refractivity (Wildman–Crippen MR) is 105 cm³/mol. The van der Waals surface area contributed by atoms with E-state index in [0.29, 0.717) is 31.0 Å². The van der Waals surface area contributed by atoms with Crippen LogP contribution >= 0.6 is 0 Å². The van der Waals surface area contributed by atoms with Gasteiger partial charge in [-0.05, 0) is 43.5 Å². The lowest BCUT2D eigenvalue weighted by Gasteiger charge is -2.17. The molecule has 2 amide bonds. The van der Waals surface area contributed by atoms with E-state index in [1.54, 1.807) is 12.3 Å². The molecule has 1 unspecified atom stereocenters. The van der Waals surface area contributed by atoms with Crippen LogP contribution in [0.2, 0.25) is 0 Å². The minimum atomic E-state index is -1.75. The molecule has 3 atom stereocenters. The van der Waals surface area contributed by atoms with Crippen molar-refractivity contribution in [3.05, 3.63) is 59.8 Å². The molecule has 1 saturated carbocycles. The number of aromatic nitrogens is 2. The number of hydrogen-bond donors (Lipinski definition) is 4. The van der Waals surface area contributed by atoms with Crippen LogP contribution in [0.3, 0.4) is 0 Å². The van der Waals surface area contributed by atoms with Gasteiger partial charge in [-0.2, -0.15) is 5.10 Å². The Labute approximate surface area is 170 Å². The fourth-order valence-electron chi connectivity index (χ4n) is 3.76. The van der Waals surface area contributed by atoms with Crippen LogP contribution < -0.4 is 10.6 Å². The number of benzene rings is 2. The molecular weight excluding hydrogens is 394 g/mol. The largest absolute Gasteiger partial charge is 0.378 e. The lowest BCUT2D eigenvalue weighted by molar-refractivity contribution is -0.130. The van der Waals surface area contributed by atoms with E-state index in [2.05, 4.69) is 20.8 Å². The molecule has 1 aliphatic carbocycles. The van der Waals surface area contributed by atoms with Crippen LogP contribution in [0.4, 0.5) is 14.5 Å². The number of halogens is 2. The zero-order valence-corrected chi connectivity index (χ0v) is 15.9. The molecule has 0 saturated heterocycles. The summed E-state index contributed by atoms with van der Waals surface area (Å²) in [5.41, 5.74) is 1.23. The molecule has 30 heavy (non-hydrogen) atoms. The lowest BCUT2D eigenvalue weighted by Crippen LogP contribution is -2.37. The van der Waals surface area contributed by atoms with Crippen molar-refractivity contribution < 1.29 is 23.5 Å². The van der Waals surface area contributed by atoms with Crippen LogP contribution in [0.5, 0.6) is 0 Å². The minimum absolute atomic E-state index is 0.153. The minimum Gasteiger partial charge on any atom is -0.378 e. The van der Waals surface area contributed by atoms with Gasteiger partial charge in [-0.3, -0.25) is 14.7 Å². The standard InChI is InChI=1S/C21H20F2N4O3/c22-13-2-5-16(17(23)9-13)19(28)21(30)26-14-3-1-11(7-14)20(29)25-15-4-6-18-12(8-15)10-24-27-18/h2,4-6,8-11,14,19,28H,1,3,7H2,(H,24,27)(H,25,29)(H,26,30)/t11-,14-,19?/m0/s1. The molecule has 156 valence electrons. The van der Waals surface area contributed by atoms with Gasteiger partial charge in [0.15, 0.2) is 6.10 Å². The molecule has 0 radical (unpaired) electrons. The zero-order valence-electron chi connectivity index (χ0n) is 15.9. The molecular formula is C21H20F2N4O3. The first-order valence-electron chi connectivity index (χ1n) is 9.58. The number of fused-ring (bicyclic) bond motifs is 1. The number of aromatic amines is 1. The molecule has 0 aliphatic heterocycles. The molecule has 9 heteroatoms. The fraction of sp³-hybridized carbons (Fsp3) is 0.286. The van der Waals surface area contributed by atoms with Crippen LogP contribution in [0.15, 0.2) is 42.6 Å². The third-order valence-electron chi connectivity index (χ3n) is 5.36. The van der Waals surface area contributed by atoms with Gasteiger partial charge in [0.25, 0.3) is 5.91 Å². The van der Waals surface area contributed by atoms with Crippen molar-refractivity contribution in [1.82, 2.24) is 15.5 Å². The van der Waals surface area contributed by atoms with Crippen molar-refractivity contribution in [3.63, 3.8) is 0 Å². The van der Waals surface area contributed by atoms with E-state index in [-0.39, 0.29) is 23.4 Å². The summed E-state index contributed by atoms with van der Waals surface area (Å²) >= 11 is 0. The summed E-state index contributed by atoms with van der Waals surface area (Å²) in [7, 11) is 0. The smallest absolute Gasteiger partial charge is 0.253 e.